The summed E-state index contributed by atoms with van der Waals surface area (Å²) in [6.07, 6.45) is 8.30. The molecule has 1 aromatic heterocycles. The van der Waals surface area contributed by atoms with Crippen LogP contribution in [0, 0.1) is 23.5 Å². The van der Waals surface area contributed by atoms with Gasteiger partial charge in [-0.1, -0.05) is 64.8 Å². The maximum absolute atomic E-state index is 15.4. The number of amides is 1. The number of aliphatic hydroxyl groups is 1. The van der Waals surface area contributed by atoms with Crippen molar-refractivity contribution in [3.05, 3.63) is 60.6 Å². The van der Waals surface area contributed by atoms with Crippen LogP contribution in [0.15, 0.2) is 54.2 Å². The van der Waals surface area contributed by atoms with Crippen molar-refractivity contribution >= 4 is 34.0 Å². The number of aliphatic hydroxyl groups excluding tert-OH is 1. The first-order valence-electron chi connectivity index (χ1n) is 17.0. The highest BCUT2D eigenvalue weighted by Crippen LogP contribution is 2.37. The molecule has 3 aromatic rings. The van der Waals surface area contributed by atoms with Gasteiger partial charge in [-0.15, -0.1) is 0 Å². The minimum absolute atomic E-state index is 0.124. The molecule has 0 radical (unpaired) electrons. The average molecular weight is 650 g/mol. The van der Waals surface area contributed by atoms with Gasteiger partial charge in [-0.2, -0.15) is 0 Å². The number of carbonyl (C=O) groups is 1. The second-order valence-electron chi connectivity index (χ2n) is 12.6. The van der Waals surface area contributed by atoms with Gasteiger partial charge in [-0.25, -0.2) is 18.7 Å². The molecule has 2 atom stereocenters. The molecule has 0 aliphatic carbocycles. The topological polar surface area (TPSA) is 91.2 Å². The molecule has 3 heterocycles. The van der Waals surface area contributed by atoms with E-state index in [1.807, 2.05) is 6.92 Å². The Morgan fingerprint density at radius 1 is 1.11 bits per heavy atom. The Morgan fingerprint density at radius 3 is 2.49 bits per heavy atom. The summed E-state index contributed by atoms with van der Waals surface area (Å²) in [6.45, 7) is 15.6. The molecular weight excluding hydrogens is 600 g/mol. The van der Waals surface area contributed by atoms with E-state index in [2.05, 4.69) is 54.3 Å². The van der Waals surface area contributed by atoms with Crippen molar-refractivity contribution in [2.45, 2.75) is 92.0 Å². The maximum atomic E-state index is 15.4. The number of rotatable bonds is 11. The summed E-state index contributed by atoms with van der Waals surface area (Å²) in [5.74, 6) is 0.401. The van der Waals surface area contributed by atoms with Crippen molar-refractivity contribution in [3.63, 3.8) is 0 Å². The van der Waals surface area contributed by atoms with Crippen LogP contribution in [0.5, 0.6) is 0 Å². The molecule has 2 aliphatic heterocycles. The Morgan fingerprint density at radius 2 is 1.83 bits per heavy atom. The molecule has 0 bridgehead atoms. The van der Waals surface area contributed by atoms with Crippen LogP contribution in [-0.2, 0) is 9.63 Å². The molecule has 2 saturated heterocycles. The van der Waals surface area contributed by atoms with Crippen molar-refractivity contribution in [1.29, 1.82) is 0 Å². The molecule has 1 N–H and O–H groups in total. The summed E-state index contributed by atoms with van der Waals surface area (Å²) in [5.41, 5.74) is 2.49. The van der Waals surface area contributed by atoms with Gasteiger partial charge in [0.15, 0.2) is 0 Å². The third-order valence-corrected chi connectivity index (χ3v) is 9.00. The molecule has 10 heteroatoms. The molecule has 2 aromatic carbocycles. The van der Waals surface area contributed by atoms with Crippen molar-refractivity contribution in [2.24, 2.45) is 17.0 Å². The normalized spacial score (nSPS) is 17.9. The first kappa shape index (κ1) is 35.9. The van der Waals surface area contributed by atoms with Gasteiger partial charge in [-0.3, -0.25) is 4.79 Å². The van der Waals surface area contributed by atoms with Gasteiger partial charge < -0.3 is 19.7 Å². The molecular formula is C37H49F2N5O3. The lowest BCUT2D eigenvalue weighted by molar-refractivity contribution is -0.117. The molecule has 2 aliphatic rings. The van der Waals surface area contributed by atoms with Gasteiger partial charge in [0, 0.05) is 36.9 Å². The third-order valence-electron chi connectivity index (χ3n) is 9.00. The molecule has 8 nitrogen and oxygen atoms in total. The van der Waals surface area contributed by atoms with Crippen molar-refractivity contribution in [1.82, 2.24) is 9.97 Å². The minimum atomic E-state index is -0.593. The summed E-state index contributed by atoms with van der Waals surface area (Å²) >= 11 is 0. The second-order valence-corrected chi connectivity index (χ2v) is 12.6. The Bertz CT molecular complexity index is 1570. The zero-order chi connectivity index (χ0) is 34.1. The fourth-order valence-corrected chi connectivity index (χ4v) is 6.18. The SMILES string of the molecule is C=C(O/N=C(\C)C1CCN(c2ncnc3c(-c4ccc(N5C(=O)CCC5CO)c(F)c4)ccc(F)c23)CC1)C(C)CCCC.CCC. The van der Waals surface area contributed by atoms with Gasteiger partial charge in [0.25, 0.3) is 0 Å². The average Bonchev–Trinajstić information content (AvgIpc) is 3.46. The number of aromatic nitrogens is 2. The number of nitrogens with zero attached hydrogens (tertiary/aromatic N) is 5. The fraction of sp³-hybridized carbons (Fsp3) is 0.514. The van der Waals surface area contributed by atoms with E-state index in [1.54, 1.807) is 12.1 Å². The number of hydrogen-bond acceptors (Lipinski definition) is 7. The Kier molecular flexibility index (Phi) is 12.8. The summed E-state index contributed by atoms with van der Waals surface area (Å²) in [7, 11) is 0. The quantitative estimate of drug-likeness (QED) is 0.127. The van der Waals surface area contributed by atoms with E-state index < -0.39 is 17.7 Å². The monoisotopic (exact) mass is 649 g/mol. The number of unbranched alkanes of at least 4 members (excludes halogenated alkanes) is 1. The Labute approximate surface area is 277 Å². The van der Waals surface area contributed by atoms with Gasteiger partial charge in [0.1, 0.15) is 29.5 Å². The zero-order valence-electron chi connectivity index (χ0n) is 28.4. The van der Waals surface area contributed by atoms with Gasteiger partial charge in [0.2, 0.25) is 5.91 Å². The van der Waals surface area contributed by atoms with E-state index in [-0.39, 0.29) is 41.8 Å². The van der Waals surface area contributed by atoms with Crippen molar-refractivity contribution in [3.8, 4) is 11.1 Å². The van der Waals surface area contributed by atoms with Crippen molar-refractivity contribution in [2.75, 3.05) is 29.5 Å². The van der Waals surface area contributed by atoms with E-state index >= 15 is 8.78 Å². The Hall–Kier alpha value is -3.92. The van der Waals surface area contributed by atoms with E-state index in [0.29, 0.717) is 47.7 Å². The van der Waals surface area contributed by atoms with Crippen LogP contribution >= 0.6 is 0 Å². The van der Waals surface area contributed by atoms with Crippen LogP contribution < -0.4 is 9.80 Å². The largest absolute Gasteiger partial charge is 0.394 e. The van der Waals surface area contributed by atoms with E-state index in [9.17, 15) is 9.90 Å². The first-order valence-corrected chi connectivity index (χ1v) is 17.0. The van der Waals surface area contributed by atoms with E-state index in [4.69, 9.17) is 4.84 Å². The van der Waals surface area contributed by atoms with Crippen LogP contribution in [0.1, 0.15) is 86.0 Å². The number of allylic oxidation sites excluding steroid dienone is 1. The smallest absolute Gasteiger partial charge is 0.227 e. The standard InChI is InChI=1S/C34H41F2N5O3.C3H8/c1-5-6-7-21(2)23(4)44-39-22(3)24-14-16-40(17-15-24)34-32-28(35)11-10-27(33(32)37-20-38-34)25-8-12-30(29(36)18-25)41-26(19-42)9-13-31(41)43;1-3-2/h8,10-12,18,20-21,24,26,42H,4-7,9,13-17,19H2,1-3H3;3H2,1-2H3/b39-22+;. The van der Waals surface area contributed by atoms with Crippen molar-refractivity contribution < 1.29 is 23.5 Å². The zero-order valence-corrected chi connectivity index (χ0v) is 28.4. The lowest BCUT2D eigenvalue weighted by Crippen LogP contribution is -2.36. The molecule has 0 spiro atoms. The number of hydrogen-bond donors (Lipinski definition) is 1. The molecule has 5 rings (SSSR count). The number of halogens is 2. The molecule has 1 amide bonds. The van der Waals surface area contributed by atoms with Crippen LogP contribution in [-0.4, -0.2) is 52.4 Å². The second kappa shape index (κ2) is 16.8. The highest BCUT2D eigenvalue weighted by Gasteiger charge is 2.33. The number of oxime groups is 1. The summed E-state index contributed by atoms with van der Waals surface area (Å²) in [4.78, 5) is 30.3. The van der Waals surface area contributed by atoms with Crippen LogP contribution in [0.3, 0.4) is 0 Å². The third kappa shape index (κ3) is 8.33. The number of carbonyl (C=O) groups excluding carboxylic acids is 1. The first-order chi connectivity index (χ1) is 22.6. The summed E-state index contributed by atoms with van der Waals surface area (Å²) < 4.78 is 30.8. The molecule has 2 unspecified atom stereocenters. The number of fused-ring (bicyclic) bond motifs is 1. The van der Waals surface area contributed by atoms with E-state index in [0.717, 1.165) is 37.8 Å². The molecule has 254 valence electrons. The Balaban J connectivity index is 0.00000160. The maximum Gasteiger partial charge on any atom is 0.227 e. The number of anilines is 2. The van der Waals surface area contributed by atoms with Gasteiger partial charge in [-0.05, 0) is 62.4 Å². The predicted octanol–water partition coefficient (Wildman–Crippen LogP) is 8.43. The fourth-order valence-electron chi connectivity index (χ4n) is 6.18. The van der Waals surface area contributed by atoms with Crippen LogP contribution in [0.4, 0.5) is 20.3 Å². The van der Waals surface area contributed by atoms with E-state index in [1.165, 1.54) is 35.8 Å². The highest BCUT2D eigenvalue weighted by molar-refractivity contribution is 6.01. The minimum Gasteiger partial charge on any atom is -0.394 e. The predicted molar refractivity (Wildman–Crippen MR) is 185 cm³/mol. The molecule has 47 heavy (non-hydrogen) atoms. The number of piperidine rings is 1. The lowest BCUT2D eigenvalue weighted by atomic mass is 9.92. The summed E-state index contributed by atoms with van der Waals surface area (Å²) in [6, 6.07) is 7.06. The summed E-state index contributed by atoms with van der Waals surface area (Å²) in [5, 5.41) is 14.3. The van der Waals surface area contributed by atoms with Crippen LogP contribution in [0.25, 0.3) is 22.0 Å². The van der Waals surface area contributed by atoms with Gasteiger partial charge in [0.05, 0.1) is 35.0 Å². The molecule has 2 fully saturated rings. The van der Waals surface area contributed by atoms with Crippen LogP contribution in [0.2, 0.25) is 0 Å². The lowest BCUT2D eigenvalue weighted by Gasteiger charge is -2.33. The van der Waals surface area contributed by atoms with Gasteiger partial charge >= 0.3 is 0 Å². The highest BCUT2D eigenvalue weighted by atomic mass is 19.1. The molecule has 0 saturated carbocycles. The number of benzene rings is 2.